The third-order valence-corrected chi connectivity index (χ3v) is 4.80. The monoisotopic (exact) mass is 474 g/mol. The van der Waals surface area contributed by atoms with Crippen molar-refractivity contribution in [1.29, 1.82) is 0 Å². The third kappa shape index (κ3) is 4.32. The van der Waals surface area contributed by atoms with Crippen molar-refractivity contribution in [3.05, 3.63) is 47.5 Å². The maximum atomic E-state index is 13.2. The van der Waals surface area contributed by atoms with Crippen molar-refractivity contribution in [1.82, 2.24) is 34.8 Å². The van der Waals surface area contributed by atoms with Crippen LogP contribution in [0.5, 0.6) is 0 Å². The molecule has 3 heterocycles. The van der Waals surface area contributed by atoms with Gasteiger partial charge in [-0.15, -0.1) is 15.3 Å². The smallest absolute Gasteiger partial charge is 0.360 e. The van der Waals surface area contributed by atoms with Crippen LogP contribution >= 0.6 is 11.8 Å². The highest BCUT2D eigenvalue weighted by atomic mass is 32.2. The number of aromatic amines is 1. The maximum absolute atomic E-state index is 13.2. The van der Waals surface area contributed by atoms with Gasteiger partial charge in [0.1, 0.15) is 5.82 Å². The highest BCUT2D eigenvalue weighted by Gasteiger charge is 2.36. The molecule has 8 nitrogen and oxygen atoms in total. The summed E-state index contributed by atoms with van der Waals surface area (Å²) in [7, 11) is 0. The Morgan fingerprint density at radius 3 is 2.38 bits per heavy atom. The number of aromatic nitrogens is 7. The molecule has 0 saturated heterocycles. The van der Waals surface area contributed by atoms with Crippen LogP contribution in [0.2, 0.25) is 0 Å². The number of H-pyrrole nitrogens is 1. The summed E-state index contributed by atoms with van der Waals surface area (Å²) < 4.78 is 78.3. The number of halogens is 6. The Kier molecular flexibility index (Phi) is 5.44. The molecular weight excluding hydrogens is 462 g/mol. The molecule has 168 valence electrons. The van der Waals surface area contributed by atoms with Gasteiger partial charge in [0, 0.05) is 5.56 Å². The molecule has 0 unspecified atom stereocenters. The van der Waals surface area contributed by atoms with E-state index < -0.39 is 23.6 Å². The van der Waals surface area contributed by atoms with Gasteiger partial charge in [0.05, 0.1) is 18.3 Å². The standard InChI is InChI=1S/C17H12F6N8S/c1-32-15-27-13(14-25-6-10(17(21,22)23)31(14)30-15)24-7-11-26-12(29-28-11)8-2-4-9(5-3-8)16(18,19)20/h2-6H,7H2,1H3,(H,24,27,30)(H,26,28,29). The summed E-state index contributed by atoms with van der Waals surface area (Å²) in [5.41, 5.74) is -1.58. The van der Waals surface area contributed by atoms with Crippen LogP contribution < -0.4 is 5.32 Å². The lowest BCUT2D eigenvalue weighted by molar-refractivity contribution is -0.142. The molecule has 32 heavy (non-hydrogen) atoms. The molecule has 0 aliphatic heterocycles. The minimum absolute atomic E-state index is 0.0116. The Morgan fingerprint density at radius 1 is 1.03 bits per heavy atom. The van der Waals surface area contributed by atoms with Gasteiger partial charge in [-0.3, -0.25) is 0 Å². The predicted octanol–water partition coefficient (Wildman–Crippen LogP) is 4.28. The van der Waals surface area contributed by atoms with Crippen LogP contribution in [-0.4, -0.2) is 41.0 Å². The first-order chi connectivity index (χ1) is 15.1. The minimum Gasteiger partial charge on any atom is -0.360 e. The maximum Gasteiger partial charge on any atom is 0.435 e. The van der Waals surface area contributed by atoms with E-state index >= 15 is 0 Å². The van der Waals surface area contributed by atoms with E-state index in [2.05, 4.69) is 35.6 Å². The Hall–Kier alpha value is -3.36. The predicted molar refractivity (Wildman–Crippen MR) is 102 cm³/mol. The second-order valence-electron chi connectivity index (χ2n) is 6.37. The number of nitrogens with one attached hydrogen (secondary N) is 2. The average molecular weight is 474 g/mol. The Morgan fingerprint density at radius 2 is 1.75 bits per heavy atom. The molecule has 0 atom stereocenters. The zero-order valence-electron chi connectivity index (χ0n) is 16.0. The van der Waals surface area contributed by atoms with Gasteiger partial charge in [0.15, 0.2) is 23.0 Å². The number of hydrogen-bond acceptors (Lipinski definition) is 7. The van der Waals surface area contributed by atoms with Gasteiger partial charge in [-0.05, 0) is 18.4 Å². The number of thioether (sulfide) groups is 1. The fraction of sp³-hybridized carbons (Fsp3) is 0.235. The van der Waals surface area contributed by atoms with E-state index in [9.17, 15) is 26.3 Å². The molecule has 3 aromatic heterocycles. The topological polar surface area (TPSA) is 96.7 Å². The summed E-state index contributed by atoms with van der Waals surface area (Å²) in [4.78, 5) is 10.8. The lowest BCUT2D eigenvalue weighted by atomic mass is 10.1. The highest BCUT2D eigenvalue weighted by Crippen LogP contribution is 2.32. The van der Waals surface area contributed by atoms with Crippen LogP contribution in [-0.2, 0) is 18.9 Å². The second kappa shape index (κ2) is 7.96. The number of alkyl halides is 6. The fourth-order valence-electron chi connectivity index (χ4n) is 2.75. The van der Waals surface area contributed by atoms with Crippen molar-refractivity contribution in [3.63, 3.8) is 0 Å². The molecular formula is C17H12F6N8S. The minimum atomic E-state index is -4.65. The number of benzene rings is 1. The lowest BCUT2D eigenvalue weighted by Crippen LogP contribution is -2.13. The molecule has 0 fully saturated rings. The molecule has 0 aliphatic rings. The first-order valence-electron chi connectivity index (χ1n) is 8.76. The molecule has 0 radical (unpaired) electrons. The third-order valence-electron chi connectivity index (χ3n) is 4.26. The first-order valence-corrected chi connectivity index (χ1v) is 9.99. The summed E-state index contributed by atoms with van der Waals surface area (Å²) in [6.45, 7) is -0.0116. The van der Waals surface area contributed by atoms with Gasteiger partial charge in [0.2, 0.25) is 5.16 Å². The van der Waals surface area contributed by atoms with Crippen LogP contribution in [0.25, 0.3) is 17.0 Å². The molecule has 1 aromatic carbocycles. The van der Waals surface area contributed by atoms with Gasteiger partial charge < -0.3 is 10.3 Å². The highest BCUT2D eigenvalue weighted by molar-refractivity contribution is 7.98. The molecule has 0 spiro atoms. The van der Waals surface area contributed by atoms with Gasteiger partial charge in [-0.1, -0.05) is 23.9 Å². The average Bonchev–Trinajstić information content (AvgIpc) is 3.38. The summed E-state index contributed by atoms with van der Waals surface area (Å²) in [5.74, 6) is 0.561. The summed E-state index contributed by atoms with van der Waals surface area (Å²) in [5, 5.41) is 14.6. The van der Waals surface area contributed by atoms with Crippen molar-refractivity contribution < 1.29 is 26.3 Å². The molecule has 0 bridgehead atoms. The van der Waals surface area contributed by atoms with Gasteiger partial charge in [-0.2, -0.15) is 31.3 Å². The SMILES string of the molecule is CSc1nc(NCc2nnc(-c3ccc(C(F)(F)F)cc3)[nH]2)c2ncc(C(F)(F)F)n2n1. The molecule has 4 aromatic rings. The van der Waals surface area contributed by atoms with Crippen LogP contribution in [0.4, 0.5) is 32.2 Å². The number of fused-ring (bicyclic) bond motifs is 1. The van der Waals surface area contributed by atoms with E-state index in [1.165, 1.54) is 12.1 Å². The van der Waals surface area contributed by atoms with Crippen LogP contribution in [0.3, 0.4) is 0 Å². The van der Waals surface area contributed by atoms with Crippen LogP contribution in [0, 0.1) is 0 Å². The molecule has 0 saturated carbocycles. The Labute approximate surface area is 179 Å². The van der Waals surface area contributed by atoms with E-state index in [-0.39, 0.29) is 34.8 Å². The van der Waals surface area contributed by atoms with Crippen molar-refractivity contribution in [2.24, 2.45) is 0 Å². The number of rotatable bonds is 5. The zero-order valence-corrected chi connectivity index (χ0v) is 16.8. The molecule has 4 rings (SSSR count). The van der Waals surface area contributed by atoms with Gasteiger partial charge in [0.25, 0.3) is 0 Å². The fourth-order valence-corrected chi connectivity index (χ4v) is 3.10. The second-order valence-corrected chi connectivity index (χ2v) is 7.15. The van der Waals surface area contributed by atoms with Crippen LogP contribution in [0.1, 0.15) is 17.1 Å². The number of nitrogens with zero attached hydrogens (tertiary/aromatic N) is 6. The molecule has 15 heteroatoms. The van der Waals surface area contributed by atoms with E-state index in [1.54, 1.807) is 6.26 Å². The van der Waals surface area contributed by atoms with Gasteiger partial charge in [-0.25, -0.2) is 9.50 Å². The van der Waals surface area contributed by atoms with Crippen molar-refractivity contribution in [2.75, 3.05) is 11.6 Å². The van der Waals surface area contributed by atoms with Crippen LogP contribution in [0.15, 0.2) is 35.6 Å². The van der Waals surface area contributed by atoms with Crippen molar-refractivity contribution in [2.45, 2.75) is 24.1 Å². The number of hydrogen-bond donors (Lipinski definition) is 2. The molecule has 0 amide bonds. The quantitative estimate of drug-likeness (QED) is 0.329. The van der Waals surface area contributed by atoms with Crippen molar-refractivity contribution >= 4 is 23.2 Å². The first kappa shape index (κ1) is 21.9. The van der Waals surface area contributed by atoms with Gasteiger partial charge >= 0.3 is 12.4 Å². The molecule has 2 N–H and O–H groups in total. The Balaban J connectivity index is 1.56. The zero-order chi connectivity index (χ0) is 23.1. The Bertz CT molecular complexity index is 1240. The van der Waals surface area contributed by atoms with Crippen molar-refractivity contribution in [3.8, 4) is 11.4 Å². The van der Waals surface area contributed by atoms with E-state index in [0.717, 1.165) is 23.9 Å². The summed E-state index contributed by atoms with van der Waals surface area (Å²) in [6.07, 6.45) is -6.83. The largest absolute Gasteiger partial charge is 0.435 e. The summed E-state index contributed by atoms with van der Waals surface area (Å²) >= 11 is 1.05. The number of anilines is 1. The molecule has 0 aliphatic carbocycles. The normalized spacial score (nSPS) is 12.5. The van der Waals surface area contributed by atoms with E-state index in [4.69, 9.17) is 0 Å². The van der Waals surface area contributed by atoms with E-state index in [1.807, 2.05) is 0 Å². The van der Waals surface area contributed by atoms with E-state index in [0.29, 0.717) is 16.3 Å². The lowest BCUT2D eigenvalue weighted by Gasteiger charge is -2.09. The summed E-state index contributed by atoms with van der Waals surface area (Å²) in [6, 6.07) is 4.35. The number of imidazole rings is 1.